The molecule has 0 heterocycles. The lowest BCUT2D eigenvalue weighted by Crippen LogP contribution is -2.45. The summed E-state index contributed by atoms with van der Waals surface area (Å²) in [7, 11) is 0. The molecule has 3 N–H and O–H groups in total. The van der Waals surface area contributed by atoms with Crippen LogP contribution in [0.25, 0.3) is 0 Å². The molecule has 0 aromatic heterocycles. The number of hydrogen-bond acceptors (Lipinski definition) is 5. The van der Waals surface area contributed by atoms with Gasteiger partial charge in [-0.15, -0.1) is 0 Å². The molecule has 0 unspecified atom stereocenters. The second kappa shape index (κ2) is 7.23. The summed E-state index contributed by atoms with van der Waals surface area (Å²) in [6.07, 6.45) is 0.235. The van der Waals surface area contributed by atoms with Crippen LogP contribution in [-0.4, -0.2) is 30.4 Å². The smallest absolute Gasteiger partial charge is 0.303 e. The van der Waals surface area contributed by atoms with Gasteiger partial charge in [0.2, 0.25) is 5.91 Å². The van der Waals surface area contributed by atoms with E-state index < -0.39 is 30.4 Å². The number of rotatable bonds is 6. The van der Waals surface area contributed by atoms with Crippen molar-refractivity contribution in [2.45, 2.75) is 25.8 Å². The maximum absolute atomic E-state index is 11.1. The predicted octanol–water partition coefficient (Wildman–Crippen LogP) is -1.18. The molecule has 0 aliphatic heterocycles. The van der Waals surface area contributed by atoms with Crippen molar-refractivity contribution in [3.63, 3.8) is 0 Å². The first kappa shape index (κ1) is 13.9. The molecule has 7 heteroatoms. The van der Waals surface area contributed by atoms with Crippen LogP contribution in [0.5, 0.6) is 0 Å². The molecule has 88 valence electrons. The maximum Gasteiger partial charge on any atom is 0.303 e. The molecule has 0 aromatic rings. The van der Waals surface area contributed by atoms with Crippen molar-refractivity contribution in [2.75, 3.05) is 6.61 Å². The third-order valence-corrected chi connectivity index (χ3v) is 1.63. The number of carbonyl (C=O) groups excluding carboxylic acids is 3. The lowest BCUT2D eigenvalue weighted by Gasteiger charge is -2.13. The van der Waals surface area contributed by atoms with E-state index in [2.05, 4.69) is 10.1 Å². The Bertz CT molecular complexity index is 321. The van der Waals surface area contributed by atoms with Gasteiger partial charge in [0.25, 0.3) is 5.91 Å². The summed E-state index contributed by atoms with van der Waals surface area (Å²) in [5, 5.41) is 10.6. The van der Waals surface area contributed by atoms with Gasteiger partial charge in [-0.25, -0.2) is 0 Å². The number of nitrogens with zero attached hydrogens (tertiary/aromatic N) is 1. The molecule has 0 aliphatic carbocycles. The largest absolute Gasteiger partial charge is 0.456 e. The summed E-state index contributed by atoms with van der Waals surface area (Å²) in [6, 6.07) is 0.918. The summed E-state index contributed by atoms with van der Waals surface area (Å²) in [4.78, 5) is 32.4. The van der Waals surface area contributed by atoms with Crippen LogP contribution in [0, 0.1) is 11.3 Å². The Morgan fingerprint density at radius 2 is 2.12 bits per heavy atom. The van der Waals surface area contributed by atoms with Crippen molar-refractivity contribution in [3.8, 4) is 6.07 Å². The standard InChI is InChI=1S/C9H13N3O4/c1-6(13)16-5-8(14)12-7(9(11)15)3-2-4-10/h7H,2-3,5H2,1H3,(H2,11,15)(H,12,14)/t7-/m0/s1. The van der Waals surface area contributed by atoms with E-state index in [1.165, 1.54) is 0 Å². The van der Waals surface area contributed by atoms with Crippen LogP contribution in [0.1, 0.15) is 19.8 Å². The Labute approximate surface area is 92.5 Å². The topological polar surface area (TPSA) is 122 Å². The molecule has 0 aromatic carbocycles. The number of nitriles is 1. The molecule has 7 nitrogen and oxygen atoms in total. The third-order valence-electron chi connectivity index (χ3n) is 1.63. The minimum atomic E-state index is -0.914. The second-order valence-electron chi connectivity index (χ2n) is 3.00. The summed E-state index contributed by atoms with van der Waals surface area (Å²) >= 11 is 0. The highest BCUT2D eigenvalue weighted by Crippen LogP contribution is 1.95. The molecule has 0 bridgehead atoms. The lowest BCUT2D eigenvalue weighted by atomic mass is 10.1. The first-order valence-corrected chi connectivity index (χ1v) is 4.56. The molecular formula is C9H13N3O4. The summed E-state index contributed by atoms with van der Waals surface area (Å²) in [6.45, 7) is 0.695. The average Bonchev–Trinajstić information content (AvgIpc) is 2.20. The SMILES string of the molecule is CC(=O)OCC(=O)N[C@@H](CCC#N)C(N)=O. The van der Waals surface area contributed by atoms with Crippen molar-refractivity contribution < 1.29 is 19.1 Å². The number of primary amides is 1. The van der Waals surface area contributed by atoms with Crippen LogP contribution in [0.3, 0.4) is 0 Å². The Morgan fingerprint density at radius 3 is 2.56 bits per heavy atom. The minimum Gasteiger partial charge on any atom is -0.456 e. The summed E-state index contributed by atoms with van der Waals surface area (Å²) in [5.74, 6) is -1.95. The van der Waals surface area contributed by atoms with E-state index in [4.69, 9.17) is 11.0 Å². The molecule has 2 amide bonds. The highest BCUT2D eigenvalue weighted by Gasteiger charge is 2.17. The third kappa shape index (κ3) is 6.37. The van der Waals surface area contributed by atoms with Gasteiger partial charge in [0.05, 0.1) is 6.07 Å². The zero-order chi connectivity index (χ0) is 12.6. The van der Waals surface area contributed by atoms with Gasteiger partial charge in [-0.05, 0) is 6.42 Å². The van der Waals surface area contributed by atoms with E-state index in [1.54, 1.807) is 0 Å². The highest BCUT2D eigenvalue weighted by atomic mass is 16.5. The van der Waals surface area contributed by atoms with Crippen LogP contribution >= 0.6 is 0 Å². The van der Waals surface area contributed by atoms with Gasteiger partial charge in [0, 0.05) is 13.3 Å². The average molecular weight is 227 g/mol. The molecule has 0 radical (unpaired) electrons. The van der Waals surface area contributed by atoms with Gasteiger partial charge < -0.3 is 15.8 Å². The first-order valence-electron chi connectivity index (χ1n) is 4.56. The van der Waals surface area contributed by atoms with Crippen molar-refractivity contribution in [1.82, 2.24) is 5.32 Å². The number of ether oxygens (including phenoxy) is 1. The first-order chi connectivity index (χ1) is 7.47. The Morgan fingerprint density at radius 1 is 1.50 bits per heavy atom. The molecule has 0 aliphatic rings. The number of carbonyl (C=O) groups is 3. The Kier molecular flexibility index (Phi) is 6.28. The van der Waals surface area contributed by atoms with E-state index in [1.807, 2.05) is 6.07 Å². The zero-order valence-corrected chi connectivity index (χ0v) is 8.86. The number of hydrogen-bond donors (Lipinski definition) is 2. The van der Waals surface area contributed by atoms with Crippen LogP contribution < -0.4 is 11.1 Å². The lowest BCUT2D eigenvalue weighted by molar-refractivity contribution is -0.146. The number of amides is 2. The Balaban J connectivity index is 4.08. The van der Waals surface area contributed by atoms with Crippen molar-refractivity contribution in [2.24, 2.45) is 5.73 Å². The van der Waals surface area contributed by atoms with Crippen LogP contribution in [0.4, 0.5) is 0 Å². The zero-order valence-electron chi connectivity index (χ0n) is 8.86. The normalized spacial score (nSPS) is 11.0. The molecule has 16 heavy (non-hydrogen) atoms. The monoisotopic (exact) mass is 227 g/mol. The molecule has 0 rings (SSSR count). The fourth-order valence-corrected chi connectivity index (χ4v) is 0.898. The number of nitrogens with two attached hydrogens (primary N) is 1. The van der Waals surface area contributed by atoms with Gasteiger partial charge in [-0.2, -0.15) is 5.26 Å². The fourth-order valence-electron chi connectivity index (χ4n) is 0.898. The van der Waals surface area contributed by atoms with E-state index in [9.17, 15) is 14.4 Å². The molecule has 0 saturated heterocycles. The Hall–Kier alpha value is -2.10. The fraction of sp³-hybridized carbons (Fsp3) is 0.556. The molecular weight excluding hydrogens is 214 g/mol. The quantitative estimate of drug-likeness (QED) is 0.553. The van der Waals surface area contributed by atoms with Crippen molar-refractivity contribution >= 4 is 17.8 Å². The van der Waals surface area contributed by atoms with Crippen LogP contribution in [0.2, 0.25) is 0 Å². The van der Waals surface area contributed by atoms with Crippen molar-refractivity contribution in [1.29, 1.82) is 5.26 Å². The van der Waals surface area contributed by atoms with E-state index in [0.717, 1.165) is 6.92 Å². The second-order valence-corrected chi connectivity index (χ2v) is 3.00. The maximum atomic E-state index is 11.1. The summed E-state index contributed by atoms with van der Waals surface area (Å²) in [5.41, 5.74) is 5.01. The molecule has 1 atom stereocenters. The highest BCUT2D eigenvalue weighted by molar-refractivity contribution is 5.87. The van der Waals surface area contributed by atoms with Gasteiger partial charge in [0.1, 0.15) is 6.04 Å². The van der Waals surface area contributed by atoms with Crippen LogP contribution in [-0.2, 0) is 19.1 Å². The van der Waals surface area contributed by atoms with Gasteiger partial charge in [0.15, 0.2) is 6.61 Å². The van der Waals surface area contributed by atoms with E-state index in [0.29, 0.717) is 0 Å². The van der Waals surface area contributed by atoms with Gasteiger partial charge >= 0.3 is 5.97 Å². The van der Waals surface area contributed by atoms with Crippen molar-refractivity contribution in [3.05, 3.63) is 0 Å². The minimum absolute atomic E-state index is 0.0987. The number of nitrogens with one attached hydrogen (secondary N) is 1. The van der Waals surface area contributed by atoms with Crippen LogP contribution in [0.15, 0.2) is 0 Å². The van der Waals surface area contributed by atoms with Gasteiger partial charge in [-0.1, -0.05) is 0 Å². The molecule has 0 saturated carbocycles. The number of esters is 1. The summed E-state index contributed by atoms with van der Waals surface area (Å²) < 4.78 is 4.42. The van der Waals surface area contributed by atoms with E-state index in [-0.39, 0.29) is 12.8 Å². The molecule has 0 spiro atoms. The molecule has 0 fully saturated rings. The van der Waals surface area contributed by atoms with Gasteiger partial charge in [-0.3, -0.25) is 14.4 Å². The van der Waals surface area contributed by atoms with E-state index >= 15 is 0 Å². The predicted molar refractivity (Wildman–Crippen MR) is 52.6 cm³/mol.